The summed E-state index contributed by atoms with van der Waals surface area (Å²) < 4.78 is 9.69. The van der Waals surface area contributed by atoms with Gasteiger partial charge in [-0.05, 0) is 54.7 Å². The molecule has 1 heterocycles. The van der Waals surface area contributed by atoms with Gasteiger partial charge in [0.05, 0.1) is 6.07 Å². The second kappa shape index (κ2) is 7.64. The van der Waals surface area contributed by atoms with Crippen LogP contribution in [0.1, 0.15) is 23.3 Å². The summed E-state index contributed by atoms with van der Waals surface area (Å²) in [5, 5.41) is 13.2. The van der Waals surface area contributed by atoms with Crippen LogP contribution < -0.4 is 5.32 Å². The second-order valence-electron chi connectivity index (χ2n) is 5.76. The third kappa shape index (κ3) is 4.35. The molecule has 26 heavy (non-hydrogen) atoms. The molecule has 8 nitrogen and oxygen atoms in total. The van der Waals surface area contributed by atoms with E-state index in [1.807, 2.05) is 18.2 Å². The first-order chi connectivity index (χ1) is 12.5. The number of benzene rings is 1. The average molecular weight is 356 g/mol. The second-order valence-corrected chi connectivity index (χ2v) is 5.76. The SMILES string of the molecule is O=C(COC(=O)/C=C/c1ccc([N+](=O)[O-])o1)Nc1ccc2c(c1)CCC2. The topological polar surface area (TPSA) is 112 Å². The van der Waals surface area contributed by atoms with Crippen LogP contribution in [0.5, 0.6) is 0 Å². The lowest BCUT2D eigenvalue weighted by Gasteiger charge is -2.07. The van der Waals surface area contributed by atoms with Crippen LogP contribution in [0.4, 0.5) is 11.6 Å². The van der Waals surface area contributed by atoms with Crippen molar-refractivity contribution >= 4 is 29.5 Å². The quantitative estimate of drug-likeness (QED) is 0.369. The zero-order valence-corrected chi connectivity index (χ0v) is 13.8. The minimum Gasteiger partial charge on any atom is -0.452 e. The molecule has 1 N–H and O–H groups in total. The first kappa shape index (κ1) is 17.4. The minimum atomic E-state index is -0.756. The number of anilines is 1. The zero-order chi connectivity index (χ0) is 18.5. The van der Waals surface area contributed by atoms with E-state index in [2.05, 4.69) is 5.32 Å². The van der Waals surface area contributed by atoms with E-state index in [1.54, 1.807) is 0 Å². The summed E-state index contributed by atoms with van der Waals surface area (Å²) in [4.78, 5) is 33.3. The molecule has 1 amide bonds. The van der Waals surface area contributed by atoms with Gasteiger partial charge in [0, 0.05) is 11.8 Å². The van der Waals surface area contributed by atoms with Gasteiger partial charge in [-0.15, -0.1) is 0 Å². The van der Waals surface area contributed by atoms with Crippen LogP contribution in [-0.2, 0) is 27.2 Å². The third-order valence-corrected chi connectivity index (χ3v) is 3.90. The van der Waals surface area contributed by atoms with Gasteiger partial charge in [-0.2, -0.15) is 0 Å². The average Bonchev–Trinajstić information content (AvgIpc) is 3.27. The first-order valence-corrected chi connectivity index (χ1v) is 8.02. The Hall–Kier alpha value is -3.42. The van der Waals surface area contributed by atoms with Gasteiger partial charge in [0.2, 0.25) is 0 Å². The summed E-state index contributed by atoms with van der Waals surface area (Å²) in [5.41, 5.74) is 3.21. The molecule has 0 atom stereocenters. The Morgan fingerprint density at radius 2 is 2.04 bits per heavy atom. The van der Waals surface area contributed by atoms with Crippen molar-refractivity contribution in [1.29, 1.82) is 0 Å². The van der Waals surface area contributed by atoms with Gasteiger partial charge < -0.3 is 14.5 Å². The van der Waals surface area contributed by atoms with Crippen LogP contribution >= 0.6 is 0 Å². The number of nitro groups is 1. The number of rotatable bonds is 6. The van der Waals surface area contributed by atoms with Gasteiger partial charge in [-0.3, -0.25) is 14.9 Å². The Labute approximate surface area is 148 Å². The van der Waals surface area contributed by atoms with Crippen molar-refractivity contribution < 1.29 is 23.7 Å². The Balaban J connectivity index is 1.47. The molecular weight excluding hydrogens is 340 g/mol. The smallest absolute Gasteiger partial charge is 0.433 e. The molecule has 1 aliphatic carbocycles. The molecule has 0 fully saturated rings. The highest BCUT2D eigenvalue weighted by atomic mass is 16.6. The summed E-state index contributed by atoms with van der Waals surface area (Å²) in [6.45, 7) is -0.432. The number of furan rings is 1. The van der Waals surface area contributed by atoms with Gasteiger partial charge in [-0.25, -0.2) is 4.79 Å². The van der Waals surface area contributed by atoms with Crippen molar-refractivity contribution in [2.75, 3.05) is 11.9 Å². The molecule has 0 radical (unpaired) electrons. The molecule has 0 bridgehead atoms. The molecule has 1 aromatic heterocycles. The number of hydrogen-bond donors (Lipinski definition) is 1. The fraction of sp³-hybridized carbons (Fsp3) is 0.222. The van der Waals surface area contributed by atoms with E-state index in [1.165, 1.54) is 29.3 Å². The van der Waals surface area contributed by atoms with E-state index in [4.69, 9.17) is 9.15 Å². The van der Waals surface area contributed by atoms with E-state index in [9.17, 15) is 19.7 Å². The predicted molar refractivity (Wildman–Crippen MR) is 92.5 cm³/mol. The Bertz CT molecular complexity index is 884. The maximum absolute atomic E-state index is 11.9. The Morgan fingerprint density at radius 1 is 1.23 bits per heavy atom. The summed E-state index contributed by atoms with van der Waals surface area (Å²) in [6, 6.07) is 8.28. The molecule has 2 aromatic rings. The molecule has 0 saturated heterocycles. The standard InChI is InChI=1S/C18H16N2O6/c21-16(19-14-5-4-12-2-1-3-13(12)10-14)11-25-18(22)9-7-15-6-8-17(26-15)20(23)24/h4-10H,1-3,11H2,(H,19,21)/b9-7+. The molecular formula is C18H16N2O6. The van der Waals surface area contributed by atoms with Crippen molar-refractivity contribution in [2.24, 2.45) is 0 Å². The number of nitrogens with zero attached hydrogens (tertiary/aromatic N) is 1. The lowest BCUT2D eigenvalue weighted by molar-refractivity contribution is -0.402. The fourth-order valence-corrected chi connectivity index (χ4v) is 2.71. The molecule has 8 heteroatoms. The van der Waals surface area contributed by atoms with Gasteiger partial charge in [0.15, 0.2) is 6.61 Å². The summed E-state index contributed by atoms with van der Waals surface area (Å²) >= 11 is 0. The highest BCUT2D eigenvalue weighted by molar-refractivity contribution is 5.94. The molecule has 1 aromatic carbocycles. The molecule has 0 aliphatic heterocycles. The van der Waals surface area contributed by atoms with Gasteiger partial charge >= 0.3 is 11.9 Å². The zero-order valence-electron chi connectivity index (χ0n) is 13.8. The number of carbonyl (C=O) groups is 2. The molecule has 0 unspecified atom stereocenters. The Morgan fingerprint density at radius 3 is 2.81 bits per heavy atom. The summed E-state index contributed by atoms with van der Waals surface area (Å²) in [7, 11) is 0. The van der Waals surface area contributed by atoms with E-state index in [0.717, 1.165) is 25.3 Å². The summed E-state index contributed by atoms with van der Waals surface area (Å²) in [5.74, 6) is -1.49. The van der Waals surface area contributed by atoms with Crippen molar-refractivity contribution in [3.63, 3.8) is 0 Å². The lowest BCUT2D eigenvalue weighted by atomic mass is 10.1. The molecule has 3 rings (SSSR count). The normalized spacial score (nSPS) is 12.8. The predicted octanol–water partition coefficient (Wildman–Crippen LogP) is 2.87. The van der Waals surface area contributed by atoms with Crippen LogP contribution in [0.25, 0.3) is 6.08 Å². The third-order valence-electron chi connectivity index (χ3n) is 3.90. The number of esters is 1. The number of nitrogens with one attached hydrogen (secondary N) is 1. The first-order valence-electron chi connectivity index (χ1n) is 8.02. The maximum Gasteiger partial charge on any atom is 0.433 e. The molecule has 0 spiro atoms. The van der Waals surface area contributed by atoms with Gasteiger partial charge in [0.1, 0.15) is 10.7 Å². The van der Waals surface area contributed by atoms with Crippen LogP contribution in [-0.4, -0.2) is 23.4 Å². The highest BCUT2D eigenvalue weighted by Gasteiger charge is 2.13. The van der Waals surface area contributed by atoms with E-state index >= 15 is 0 Å². The number of hydrogen-bond acceptors (Lipinski definition) is 6. The number of fused-ring (bicyclic) bond motifs is 1. The maximum atomic E-state index is 11.9. The van der Waals surface area contributed by atoms with Crippen molar-refractivity contribution in [3.05, 3.63) is 63.4 Å². The van der Waals surface area contributed by atoms with Crippen LogP contribution in [0.2, 0.25) is 0 Å². The minimum absolute atomic E-state index is 0.135. The van der Waals surface area contributed by atoms with E-state index in [0.29, 0.717) is 5.69 Å². The van der Waals surface area contributed by atoms with E-state index in [-0.39, 0.29) is 5.76 Å². The Kier molecular flexibility index (Phi) is 5.12. The largest absolute Gasteiger partial charge is 0.452 e. The number of aryl methyl sites for hydroxylation is 2. The van der Waals surface area contributed by atoms with Crippen LogP contribution in [0.15, 0.2) is 40.8 Å². The number of ether oxygens (including phenoxy) is 1. The van der Waals surface area contributed by atoms with Gasteiger partial charge in [-0.1, -0.05) is 6.07 Å². The summed E-state index contributed by atoms with van der Waals surface area (Å²) in [6.07, 6.45) is 5.45. The lowest BCUT2D eigenvalue weighted by Crippen LogP contribution is -2.20. The molecule has 134 valence electrons. The number of carbonyl (C=O) groups excluding carboxylic acids is 2. The fourth-order valence-electron chi connectivity index (χ4n) is 2.71. The monoisotopic (exact) mass is 356 g/mol. The van der Waals surface area contributed by atoms with Crippen molar-refractivity contribution in [1.82, 2.24) is 0 Å². The number of amides is 1. The van der Waals surface area contributed by atoms with Crippen LogP contribution in [0, 0.1) is 10.1 Å². The van der Waals surface area contributed by atoms with Crippen molar-refractivity contribution in [3.8, 4) is 0 Å². The molecule has 0 saturated carbocycles. The van der Waals surface area contributed by atoms with Crippen molar-refractivity contribution in [2.45, 2.75) is 19.3 Å². The van der Waals surface area contributed by atoms with Crippen LogP contribution in [0.3, 0.4) is 0 Å². The highest BCUT2D eigenvalue weighted by Crippen LogP contribution is 2.24. The van der Waals surface area contributed by atoms with Gasteiger partial charge in [0.25, 0.3) is 5.91 Å². The van der Waals surface area contributed by atoms with E-state index < -0.39 is 29.3 Å². The molecule has 1 aliphatic rings.